The van der Waals surface area contributed by atoms with Gasteiger partial charge in [0.25, 0.3) is 0 Å². The number of amides is 1. The van der Waals surface area contributed by atoms with Gasteiger partial charge in [-0.2, -0.15) is 18.3 Å². The van der Waals surface area contributed by atoms with E-state index in [-0.39, 0.29) is 17.5 Å². The summed E-state index contributed by atoms with van der Waals surface area (Å²) in [6.07, 6.45) is -2.03. The maximum atomic E-state index is 14.0. The Balaban J connectivity index is 1.88. The van der Waals surface area contributed by atoms with Gasteiger partial charge in [0.15, 0.2) is 0 Å². The van der Waals surface area contributed by atoms with Gasteiger partial charge in [-0.3, -0.25) is 4.79 Å². The molecule has 138 valence electrons. The second kappa shape index (κ2) is 6.81. The van der Waals surface area contributed by atoms with E-state index in [1.54, 1.807) is 21.8 Å². The topological polar surface area (TPSA) is 50.2 Å². The van der Waals surface area contributed by atoms with E-state index in [0.717, 1.165) is 18.2 Å². The summed E-state index contributed by atoms with van der Waals surface area (Å²) in [4.78, 5) is 13.0. The summed E-state index contributed by atoms with van der Waals surface area (Å²) in [5.41, 5.74) is -1.02. The molecule has 0 unspecified atom stereocenters. The summed E-state index contributed by atoms with van der Waals surface area (Å²) in [6, 6.07) is 4.53. The summed E-state index contributed by atoms with van der Waals surface area (Å²) in [5.74, 6) is -1.06. The zero-order valence-electron chi connectivity index (χ0n) is 13.6. The highest BCUT2D eigenvalue weighted by Gasteiger charge is 2.35. The lowest BCUT2D eigenvalue weighted by Gasteiger charge is -2.35. The maximum Gasteiger partial charge on any atom is 0.419 e. The second-order valence-corrected chi connectivity index (χ2v) is 5.96. The Morgan fingerprint density at radius 3 is 2.77 bits per heavy atom. The molecule has 0 spiro atoms. The van der Waals surface area contributed by atoms with Crippen LogP contribution in [0.4, 0.5) is 29.1 Å². The first kappa shape index (κ1) is 18.0. The molecule has 9 heteroatoms. The van der Waals surface area contributed by atoms with Gasteiger partial charge in [-0.25, -0.2) is 9.07 Å². The zero-order chi connectivity index (χ0) is 18.9. The molecular formula is C17H16F4N4O. The van der Waals surface area contributed by atoms with Gasteiger partial charge in [0.1, 0.15) is 11.6 Å². The van der Waals surface area contributed by atoms with Crippen molar-refractivity contribution in [2.24, 2.45) is 5.92 Å². The number of nitrogens with one attached hydrogen (secondary N) is 1. The molecule has 1 N–H and O–H groups in total. The summed E-state index contributed by atoms with van der Waals surface area (Å²) >= 11 is 0. The molecule has 1 aliphatic rings. The summed E-state index contributed by atoms with van der Waals surface area (Å²) in [5, 5.41) is 6.87. The molecule has 1 aromatic carbocycles. The van der Waals surface area contributed by atoms with Crippen LogP contribution in [0.15, 0.2) is 43.1 Å². The molecule has 0 saturated carbocycles. The van der Waals surface area contributed by atoms with Gasteiger partial charge in [0.05, 0.1) is 11.8 Å². The third kappa shape index (κ3) is 3.56. The number of carbonyl (C=O) groups is 1. The van der Waals surface area contributed by atoms with Crippen molar-refractivity contribution < 1.29 is 22.4 Å². The highest BCUT2D eigenvalue weighted by Crippen LogP contribution is 2.36. The van der Waals surface area contributed by atoms with Crippen LogP contribution in [0.25, 0.3) is 0 Å². The van der Waals surface area contributed by atoms with Gasteiger partial charge < -0.3 is 10.2 Å². The van der Waals surface area contributed by atoms with Crippen molar-refractivity contribution in [3.63, 3.8) is 0 Å². The van der Waals surface area contributed by atoms with Crippen molar-refractivity contribution in [1.82, 2.24) is 15.1 Å². The third-order valence-corrected chi connectivity index (χ3v) is 4.16. The number of anilines is 2. The molecule has 3 rings (SSSR count). The van der Waals surface area contributed by atoms with E-state index in [9.17, 15) is 22.4 Å². The van der Waals surface area contributed by atoms with Crippen LogP contribution in [0.3, 0.4) is 0 Å². The Kier molecular flexibility index (Phi) is 4.71. The Morgan fingerprint density at radius 1 is 1.35 bits per heavy atom. The first-order chi connectivity index (χ1) is 12.3. The molecule has 2 aromatic rings. The van der Waals surface area contributed by atoms with Crippen LogP contribution in [-0.2, 0) is 17.5 Å². The van der Waals surface area contributed by atoms with Gasteiger partial charge in [0, 0.05) is 37.3 Å². The first-order valence-corrected chi connectivity index (χ1v) is 7.86. The number of halogens is 4. The van der Waals surface area contributed by atoms with E-state index >= 15 is 0 Å². The molecule has 0 fully saturated rings. The average Bonchev–Trinajstić information content (AvgIpc) is 3.06. The highest BCUT2D eigenvalue weighted by molar-refractivity contribution is 5.86. The fourth-order valence-corrected chi connectivity index (χ4v) is 2.94. The van der Waals surface area contributed by atoms with Crippen LogP contribution in [0.5, 0.6) is 0 Å². The number of benzene rings is 1. The number of rotatable bonds is 4. The largest absolute Gasteiger partial charge is 0.419 e. The fraction of sp³-hybridized carbons (Fsp3) is 0.294. The van der Waals surface area contributed by atoms with Gasteiger partial charge in [-0.1, -0.05) is 6.58 Å². The lowest BCUT2D eigenvalue weighted by atomic mass is 10.1. The van der Waals surface area contributed by atoms with Crippen LogP contribution >= 0.6 is 0 Å². The third-order valence-electron chi connectivity index (χ3n) is 4.16. The Bertz CT molecular complexity index is 830. The highest BCUT2D eigenvalue weighted by atomic mass is 19.4. The maximum absolute atomic E-state index is 14.0. The summed E-state index contributed by atoms with van der Waals surface area (Å²) in [6.45, 7) is 4.64. The molecule has 26 heavy (non-hydrogen) atoms. The molecule has 0 bridgehead atoms. The lowest BCUT2D eigenvalue weighted by molar-refractivity contribution is -0.140. The number of hydrogen-bond donors (Lipinski definition) is 1. The predicted molar refractivity (Wildman–Crippen MR) is 87.3 cm³/mol. The fourth-order valence-electron chi connectivity index (χ4n) is 2.94. The Labute approximate surface area is 146 Å². The van der Waals surface area contributed by atoms with Gasteiger partial charge in [-0.15, -0.1) is 0 Å². The molecule has 1 amide bonds. The molecule has 0 radical (unpaired) electrons. The van der Waals surface area contributed by atoms with Crippen LogP contribution in [0.2, 0.25) is 0 Å². The minimum Gasteiger partial charge on any atom is -0.352 e. The van der Waals surface area contributed by atoms with Crippen molar-refractivity contribution in [2.45, 2.75) is 12.7 Å². The van der Waals surface area contributed by atoms with E-state index in [0.29, 0.717) is 25.5 Å². The lowest BCUT2D eigenvalue weighted by Crippen LogP contribution is -2.41. The SMILES string of the molecule is C=CC(=O)NC[C@@H]1CN(c2ccc(C(F)(F)F)c(F)c2)c2ccnn2C1. The van der Waals surface area contributed by atoms with Gasteiger partial charge in [0.2, 0.25) is 5.91 Å². The number of alkyl halides is 3. The monoisotopic (exact) mass is 368 g/mol. The van der Waals surface area contributed by atoms with Crippen LogP contribution in [0, 0.1) is 11.7 Å². The number of nitrogens with zero attached hydrogens (tertiary/aromatic N) is 3. The molecule has 2 heterocycles. The Hall–Kier alpha value is -2.84. The van der Waals surface area contributed by atoms with Gasteiger partial charge >= 0.3 is 6.18 Å². The van der Waals surface area contributed by atoms with Crippen molar-refractivity contribution in [1.29, 1.82) is 0 Å². The summed E-state index contributed by atoms with van der Waals surface area (Å²) in [7, 11) is 0. The average molecular weight is 368 g/mol. The Morgan fingerprint density at radius 2 is 2.12 bits per heavy atom. The smallest absolute Gasteiger partial charge is 0.352 e. The minimum atomic E-state index is -4.75. The van der Waals surface area contributed by atoms with Gasteiger partial charge in [-0.05, 0) is 24.3 Å². The van der Waals surface area contributed by atoms with E-state index < -0.39 is 17.6 Å². The number of fused-ring (bicyclic) bond motifs is 1. The first-order valence-electron chi connectivity index (χ1n) is 7.86. The molecule has 1 aliphatic heterocycles. The molecule has 1 atom stereocenters. The number of hydrogen-bond acceptors (Lipinski definition) is 3. The standard InChI is InChI=1S/C17H16F4N4O/c1-2-15(26)22-8-11-9-24(16-5-6-23-25(16)10-11)12-3-4-13(14(18)7-12)17(19,20)21/h2-7,11H,1,8-10H2,(H,22,26)/t11-/m1/s1. The van der Waals surface area contributed by atoms with Crippen LogP contribution < -0.4 is 10.2 Å². The normalized spacial score (nSPS) is 16.9. The molecule has 1 aromatic heterocycles. The molecule has 0 saturated heterocycles. The van der Waals surface area contributed by atoms with Crippen molar-refractivity contribution in [3.8, 4) is 0 Å². The van der Waals surface area contributed by atoms with E-state index in [1.807, 2.05) is 0 Å². The van der Waals surface area contributed by atoms with E-state index in [2.05, 4.69) is 17.0 Å². The zero-order valence-corrected chi connectivity index (χ0v) is 13.6. The number of carbonyl (C=O) groups excluding carboxylic acids is 1. The molecular weight excluding hydrogens is 352 g/mol. The van der Waals surface area contributed by atoms with E-state index in [1.165, 1.54) is 6.07 Å². The van der Waals surface area contributed by atoms with Crippen LogP contribution in [-0.4, -0.2) is 28.8 Å². The van der Waals surface area contributed by atoms with Crippen molar-refractivity contribution in [3.05, 3.63) is 54.5 Å². The number of aromatic nitrogens is 2. The minimum absolute atomic E-state index is 0.0587. The molecule has 0 aliphatic carbocycles. The van der Waals surface area contributed by atoms with Crippen molar-refractivity contribution in [2.75, 3.05) is 18.0 Å². The van der Waals surface area contributed by atoms with Crippen LogP contribution in [0.1, 0.15) is 5.56 Å². The molecule has 5 nitrogen and oxygen atoms in total. The second-order valence-electron chi connectivity index (χ2n) is 5.96. The van der Waals surface area contributed by atoms with Crippen molar-refractivity contribution >= 4 is 17.4 Å². The quantitative estimate of drug-likeness (QED) is 0.667. The summed E-state index contributed by atoms with van der Waals surface area (Å²) < 4.78 is 53.9. The van der Waals surface area contributed by atoms with E-state index in [4.69, 9.17) is 0 Å². The predicted octanol–water partition coefficient (Wildman–Crippen LogP) is 3.11.